The van der Waals surface area contributed by atoms with E-state index in [4.69, 9.17) is 15.9 Å². The average Bonchev–Trinajstić information content (AvgIpc) is 2.76. The summed E-state index contributed by atoms with van der Waals surface area (Å²) in [6, 6.07) is 6.06. The summed E-state index contributed by atoms with van der Waals surface area (Å²) in [4.78, 5) is 0. The zero-order valence-electron chi connectivity index (χ0n) is 9.16. The predicted molar refractivity (Wildman–Crippen MR) is 62.6 cm³/mol. The molecule has 2 rings (SSSR count). The Kier molecular flexibility index (Phi) is 3.68. The summed E-state index contributed by atoms with van der Waals surface area (Å²) < 4.78 is 10.6. The normalized spacial score (nSPS) is 12.4. The van der Waals surface area contributed by atoms with E-state index < -0.39 is 0 Å². The number of benzene rings is 1. The van der Waals surface area contributed by atoms with Crippen LogP contribution in [0.25, 0.3) is 0 Å². The van der Waals surface area contributed by atoms with E-state index in [0.29, 0.717) is 6.79 Å². The molecule has 0 spiro atoms. The lowest BCUT2D eigenvalue weighted by molar-refractivity contribution is 0.174. The van der Waals surface area contributed by atoms with Gasteiger partial charge in [0.05, 0.1) is 0 Å². The first-order valence-electron chi connectivity index (χ1n) is 5.43. The fourth-order valence-corrected chi connectivity index (χ4v) is 1.61. The Hall–Kier alpha value is -1.66. The molecule has 0 bridgehead atoms. The molecule has 0 aromatic heterocycles. The van der Waals surface area contributed by atoms with Gasteiger partial charge in [-0.3, -0.25) is 0 Å². The van der Waals surface area contributed by atoms with E-state index in [1.54, 1.807) is 0 Å². The van der Waals surface area contributed by atoms with Crippen molar-refractivity contribution in [2.24, 2.45) is 0 Å². The fourth-order valence-electron chi connectivity index (χ4n) is 1.61. The number of fused-ring (bicyclic) bond motifs is 1. The minimum Gasteiger partial charge on any atom is -0.454 e. The number of rotatable bonds is 5. The van der Waals surface area contributed by atoms with Gasteiger partial charge in [-0.25, -0.2) is 0 Å². The number of terminal acetylenes is 1. The van der Waals surface area contributed by atoms with Gasteiger partial charge in [0, 0.05) is 13.0 Å². The third-order valence-corrected chi connectivity index (χ3v) is 2.47. The Morgan fingerprint density at radius 3 is 3.00 bits per heavy atom. The fraction of sp³-hybridized carbons (Fsp3) is 0.385. The van der Waals surface area contributed by atoms with Crippen LogP contribution < -0.4 is 14.8 Å². The molecule has 1 N–H and O–H groups in total. The van der Waals surface area contributed by atoms with Crippen LogP contribution in [0.5, 0.6) is 11.5 Å². The monoisotopic (exact) mass is 217 g/mol. The van der Waals surface area contributed by atoms with Crippen LogP contribution in [0.3, 0.4) is 0 Å². The van der Waals surface area contributed by atoms with Crippen molar-refractivity contribution in [2.45, 2.75) is 12.8 Å². The van der Waals surface area contributed by atoms with E-state index in [9.17, 15) is 0 Å². The molecule has 1 aliphatic heterocycles. The van der Waals surface area contributed by atoms with Gasteiger partial charge in [0.1, 0.15) is 0 Å². The van der Waals surface area contributed by atoms with Crippen LogP contribution in [-0.4, -0.2) is 19.9 Å². The Labute approximate surface area is 95.8 Å². The SMILES string of the molecule is C#CCCNCCc1ccc2c(c1)OCO2. The molecular weight excluding hydrogens is 202 g/mol. The zero-order valence-corrected chi connectivity index (χ0v) is 9.16. The molecule has 0 atom stereocenters. The van der Waals surface area contributed by atoms with Gasteiger partial charge in [-0.1, -0.05) is 6.07 Å². The van der Waals surface area contributed by atoms with Gasteiger partial charge < -0.3 is 14.8 Å². The second-order valence-electron chi connectivity index (χ2n) is 3.64. The highest BCUT2D eigenvalue weighted by atomic mass is 16.7. The number of ether oxygens (including phenoxy) is 2. The first kappa shape index (κ1) is 10.8. The van der Waals surface area contributed by atoms with Gasteiger partial charge in [-0.2, -0.15) is 0 Å². The molecule has 0 fully saturated rings. The van der Waals surface area contributed by atoms with Gasteiger partial charge >= 0.3 is 0 Å². The number of nitrogens with one attached hydrogen (secondary N) is 1. The van der Waals surface area contributed by atoms with Crippen LogP contribution in [0.4, 0.5) is 0 Å². The van der Waals surface area contributed by atoms with Crippen molar-refractivity contribution in [2.75, 3.05) is 19.9 Å². The summed E-state index contributed by atoms with van der Waals surface area (Å²) in [5, 5.41) is 3.29. The van der Waals surface area contributed by atoms with Crippen LogP contribution in [0.15, 0.2) is 18.2 Å². The molecule has 0 amide bonds. The lowest BCUT2D eigenvalue weighted by atomic mass is 10.1. The van der Waals surface area contributed by atoms with Gasteiger partial charge in [-0.15, -0.1) is 12.3 Å². The molecule has 0 aliphatic carbocycles. The van der Waals surface area contributed by atoms with Crippen LogP contribution >= 0.6 is 0 Å². The van der Waals surface area contributed by atoms with Crippen molar-refractivity contribution < 1.29 is 9.47 Å². The molecule has 1 aromatic carbocycles. The smallest absolute Gasteiger partial charge is 0.231 e. The zero-order chi connectivity index (χ0) is 11.2. The summed E-state index contributed by atoms with van der Waals surface area (Å²) in [6.07, 6.45) is 6.92. The summed E-state index contributed by atoms with van der Waals surface area (Å²) in [5.41, 5.74) is 1.25. The van der Waals surface area contributed by atoms with Crippen LogP contribution in [-0.2, 0) is 6.42 Å². The molecule has 1 aliphatic rings. The van der Waals surface area contributed by atoms with Crippen LogP contribution in [0.1, 0.15) is 12.0 Å². The molecule has 3 heteroatoms. The van der Waals surface area contributed by atoms with Gasteiger partial charge in [0.15, 0.2) is 11.5 Å². The predicted octanol–water partition coefficient (Wildman–Crippen LogP) is 1.57. The Balaban J connectivity index is 1.80. The highest BCUT2D eigenvalue weighted by Crippen LogP contribution is 2.32. The molecule has 1 heterocycles. The number of hydrogen-bond acceptors (Lipinski definition) is 3. The average molecular weight is 217 g/mol. The van der Waals surface area contributed by atoms with Gasteiger partial charge in [-0.05, 0) is 30.7 Å². The minimum absolute atomic E-state index is 0.333. The highest BCUT2D eigenvalue weighted by Gasteiger charge is 2.12. The highest BCUT2D eigenvalue weighted by molar-refractivity contribution is 5.44. The van der Waals surface area contributed by atoms with Crippen molar-refractivity contribution in [3.8, 4) is 23.8 Å². The maximum atomic E-state index is 5.31. The van der Waals surface area contributed by atoms with E-state index in [2.05, 4.69) is 17.3 Å². The topological polar surface area (TPSA) is 30.5 Å². The quantitative estimate of drug-likeness (QED) is 0.600. The van der Waals surface area contributed by atoms with E-state index >= 15 is 0 Å². The van der Waals surface area contributed by atoms with Crippen molar-refractivity contribution in [3.63, 3.8) is 0 Å². The van der Waals surface area contributed by atoms with Crippen molar-refractivity contribution in [1.29, 1.82) is 0 Å². The lowest BCUT2D eigenvalue weighted by Gasteiger charge is -2.04. The molecule has 0 saturated carbocycles. The Morgan fingerprint density at radius 1 is 1.25 bits per heavy atom. The summed E-state index contributed by atoms with van der Waals surface area (Å²) in [6.45, 7) is 2.14. The second-order valence-corrected chi connectivity index (χ2v) is 3.64. The summed E-state index contributed by atoms with van der Waals surface area (Å²) >= 11 is 0. The second kappa shape index (κ2) is 5.43. The molecule has 0 radical (unpaired) electrons. The molecular formula is C13H15NO2. The minimum atomic E-state index is 0.333. The number of hydrogen-bond donors (Lipinski definition) is 1. The van der Waals surface area contributed by atoms with E-state index in [1.807, 2.05) is 12.1 Å². The van der Waals surface area contributed by atoms with Gasteiger partial charge in [0.25, 0.3) is 0 Å². The molecule has 0 unspecified atom stereocenters. The molecule has 84 valence electrons. The molecule has 1 aromatic rings. The third-order valence-electron chi connectivity index (χ3n) is 2.47. The molecule has 16 heavy (non-hydrogen) atoms. The van der Waals surface area contributed by atoms with E-state index in [0.717, 1.165) is 37.4 Å². The molecule has 3 nitrogen and oxygen atoms in total. The first-order valence-corrected chi connectivity index (χ1v) is 5.43. The van der Waals surface area contributed by atoms with Crippen molar-refractivity contribution in [1.82, 2.24) is 5.32 Å². The standard InChI is InChI=1S/C13H15NO2/c1-2-3-7-14-8-6-11-4-5-12-13(9-11)16-10-15-12/h1,4-5,9,14H,3,6-8,10H2. The Bertz CT molecular complexity index is 395. The van der Waals surface area contributed by atoms with E-state index in [-0.39, 0.29) is 0 Å². The van der Waals surface area contributed by atoms with Crippen LogP contribution in [0, 0.1) is 12.3 Å². The molecule has 0 saturated heterocycles. The van der Waals surface area contributed by atoms with Gasteiger partial charge in [0.2, 0.25) is 6.79 Å². The lowest BCUT2D eigenvalue weighted by Crippen LogP contribution is -2.18. The van der Waals surface area contributed by atoms with Crippen molar-refractivity contribution in [3.05, 3.63) is 23.8 Å². The maximum Gasteiger partial charge on any atom is 0.231 e. The summed E-state index contributed by atoms with van der Waals surface area (Å²) in [7, 11) is 0. The van der Waals surface area contributed by atoms with Crippen LogP contribution in [0.2, 0.25) is 0 Å². The first-order chi connectivity index (χ1) is 7.90. The third kappa shape index (κ3) is 2.68. The Morgan fingerprint density at radius 2 is 2.12 bits per heavy atom. The maximum absolute atomic E-state index is 5.31. The van der Waals surface area contributed by atoms with Crippen molar-refractivity contribution >= 4 is 0 Å². The largest absolute Gasteiger partial charge is 0.454 e. The summed E-state index contributed by atoms with van der Waals surface area (Å²) in [5.74, 6) is 4.29. The van der Waals surface area contributed by atoms with E-state index in [1.165, 1.54) is 5.56 Å².